The van der Waals surface area contributed by atoms with Crippen LogP contribution in [0.4, 0.5) is 11.5 Å². The number of nitrogens with two attached hydrogens (primary N) is 1. The van der Waals surface area contributed by atoms with E-state index in [4.69, 9.17) is 5.73 Å². The van der Waals surface area contributed by atoms with E-state index in [0.29, 0.717) is 18.1 Å². The lowest BCUT2D eigenvalue weighted by Crippen LogP contribution is -2.08. The van der Waals surface area contributed by atoms with Crippen molar-refractivity contribution in [3.8, 4) is 0 Å². The van der Waals surface area contributed by atoms with Crippen LogP contribution in [0, 0.1) is 17.0 Å². The molecule has 0 aliphatic carbocycles. The Hall–Kier alpha value is -2.50. The molecule has 0 unspecified atom stereocenters. The van der Waals surface area contributed by atoms with Gasteiger partial charge in [0.25, 0.3) is 5.69 Å². The SMILES string of the molecule is CCCc1nc(C)nc(N)c1Cc1ccc([N+](=O)[O-])cc1. The average molecular weight is 286 g/mol. The van der Waals surface area contributed by atoms with E-state index in [2.05, 4.69) is 16.9 Å². The fourth-order valence-corrected chi connectivity index (χ4v) is 2.25. The fourth-order valence-electron chi connectivity index (χ4n) is 2.25. The summed E-state index contributed by atoms with van der Waals surface area (Å²) in [6.45, 7) is 3.91. The molecule has 0 amide bonds. The van der Waals surface area contributed by atoms with Crippen LogP contribution < -0.4 is 5.73 Å². The molecule has 0 aliphatic heterocycles. The molecule has 0 bridgehead atoms. The van der Waals surface area contributed by atoms with Gasteiger partial charge in [-0.2, -0.15) is 0 Å². The Balaban J connectivity index is 2.32. The van der Waals surface area contributed by atoms with Gasteiger partial charge in [0.15, 0.2) is 0 Å². The minimum absolute atomic E-state index is 0.0839. The van der Waals surface area contributed by atoms with Crippen molar-refractivity contribution in [2.24, 2.45) is 0 Å². The number of non-ortho nitro benzene ring substituents is 1. The molecule has 1 aromatic heterocycles. The quantitative estimate of drug-likeness (QED) is 0.673. The highest BCUT2D eigenvalue weighted by Crippen LogP contribution is 2.21. The molecule has 2 aromatic rings. The van der Waals surface area contributed by atoms with Gasteiger partial charge >= 0.3 is 0 Å². The zero-order valence-corrected chi connectivity index (χ0v) is 12.2. The number of anilines is 1. The largest absolute Gasteiger partial charge is 0.383 e. The first-order valence-electron chi connectivity index (χ1n) is 6.86. The predicted octanol–water partition coefficient (Wildman–Crippen LogP) is 2.82. The van der Waals surface area contributed by atoms with Crippen LogP contribution in [-0.4, -0.2) is 14.9 Å². The number of benzene rings is 1. The highest BCUT2D eigenvalue weighted by atomic mass is 16.6. The summed E-state index contributed by atoms with van der Waals surface area (Å²) in [4.78, 5) is 18.9. The average Bonchev–Trinajstić information content (AvgIpc) is 2.43. The number of rotatable bonds is 5. The second-order valence-electron chi connectivity index (χ2n) is 4.93. The number of aryl methyl sites for hydroxylation is 2. The molecule has 110 valence electrons. The molecule has 1 aromatic carbocycles. The highest BCUT2D eigenvalue weighted by Gasteiger charge is 2.12. The number of nitrogens with zero attached hydrogens (tertiary/aromatic N) is 3. The van der Waals surface area contributed by atoms with Crippen molar-refractivity contribution in [1.82, 2.24) is 9.97 Å². The predicted molar refractivity (Wildman–Crippen MR) is 81.1 cm³/mol. The smallest absolute Gasteiger partial charge is 0.269 e. The Labute approximate surface area is 123 Å². The summed E-state index contributed by atoms with van der Waals surface area (Å²) < 4.78 is 0. The van der Waals surface area contributed by atoms with Crippen LogP contribution in [0.2, 0.25) is 0 Å². The fraction of sp³-hybridized carbons (Fsp3) is 0.333. The van der Waals surface area contributed by atoms with Crippen molar-refractivity contribution in [2.75, 3.05) is 5.73 Å². The zero-order chi connectivity index (χ0) is 15.4. The van der Waals surface area contributed by atoms with Crippen LogP contribution in [-0.2, 0) is 12.8 Å². The van der Waals surface area contributed by atoms with Crippen molar-refractivity contribution in [2.45, 2.75) is 33.1 Å². The number of nitrogen functional groups attached to an aromatic ring is 1. The van der Waals surface area contributed by atoms with Crippen molar-refractivity contribution >= 4 is 11.5 Å². The van der Waals surface area contributed by atoms with E-state index in [-0.39, 0.29) is 5.69 Å². The first-order valence-corrected chi connectivity index (χ1v) is 6.86. The minimum atomic E-state index is -0.407. The molecule has 0 radical (unpaired) electrons. The van der Waals surface area contributed by atoms with E-state index in [1.165, 1.54) is 12.1 Å². The van der Waals surface area contributed by atoms with Crippen LogP contribution in [0.15, 0.2) is 24.3 Å². The molecule has 0 saturated carbocycles. The molecule has 0 atom stereocenters. The van der Waals surface area contributed by atoms with Gasteiger partial charge in [0.05, 0.1) is 4.92 Å². The Morgan fingerprint density at radius 1 is 1.24 bits per heavy atom. The molecule has 6 heteroatoms. The van der Waals surface area contributed by atoms with Gasteiger partial charge in [-0.1, -0.05) is 25.5 Å². The first-order chi connectivity index (χ1) is 10.0. The molecule has 1 heterocycles. The third-order valence-electron chi connectivity index (χ3n) is 3.25. The molecule has 21 heavy (non-hydrogen) atoms. The number of aromatic nitrogens is 2. The molecule has 0 spiro atoms. The molecular formula is C15H18N4O2. The van der Waals surface area contributed by atoms with Gasteiger partial charge < -0.3 is 5.73 Å². The lowest BCUT2D eigenvalue weighted by molar-refractivity contribution is -0.384. The minimum Gasteiger partial charge on any atom is -0.383 e. The van der Waals surface area contributed by atoms with Gasteiger partial charge in [-0.25, -0.2) is 9.97 Å². The number of hydrogen-bond donors (Lipinski definition) is 1. The zero-order valence-electron chi connectivity index (χ0n) is 12.2. The van der Waals surface area contributed by atoms with Gasteiger partial charge in [-0.3, -0.25) is 10.1 Å². The Kier molecular flexibility index (Phi) is 4.47. The van der Waals surface area contributed by atoms with Crippen LogP contribution >= 0.6 is 0 Å². The summed E-state index contributed by atoms with van der Waals surface area (Å²) in [5.41, 5.74) is 8.93. The Morgan fingerprint density at radius 3 is 2.48 bits per heavy atom. The summed E-state index contributed by atoms with van der Waals surface area (Å²) in [5.74, 6) is 1.16. The van der Waals surface area contributed by atoms with E-state index < -0.39 is 4.92 Å². The molecule has 0 saturated heterocycles. The standard InChI is InChI=1S/C15H18N4O2/c1-3-4-14-13(15(16)18-10(2)17-14)9-11-5-7-12(8-6-11)19(20)21/h5-8H,3-4,9H2,1-2H3,(H2,16,17,18). The number of nitro benzene ring substituents is 1. The van der Waals surface area contributed by atoms with Crippen LogP contribution in [0.1, 0.15) is 36.0 Å². The molecular weight excluding hydrogens is 268 g/mol. The van der Waals surface area contributed by atoms with Gasteiger partial charge in [0, 0.05) is 29.8 Å². The lowest BCUT2D eigenvalue weighted by atomic mass is 10.0. The second kappa shape index (κ2) is 6.30. The van der Waals surface area contributed by atoms with Crippen molar-refractivity contribution in [3.63, 3.8) is 0 Å². The van der Waals surface area contributed by atoms with Crippen LogP contribution in [0.3, 0.4) is 0 Å². The summed E-state index contributed by atoms with van der Waals surface area (Å²) in [7, 11) is 0. The third-order valence-corrected chi connectivity index (χ3v) is 3.25. The van der Waals surface area contributed by atoms with E-state index in [0.717, 1.165) is 29.7 Å². The topological polar surface area (TPSA) is 94.9 Å². The Morgan fingerprint density at radius 2 is 1.90 bits per heavy atom. The lowest BCUT2D eigenvalue weighted by Gasteiger charge is -2.11. The maximum Gasteiger partial charge on any atom is 0.269 e. The van der Waals surface area contributed by atoms with Crippen LogP contribution in [0.25, 0.3) is 0 Å². The summed E-state index contributed by atoms with van der Waals surface area (Å²) in [5, 5.41) is 10.7. The van der Waals surface area contributed by atoms with E-state index in [1.54, 1.807) is 12.1 Å². The van der Waals surface area contributed by atoms with Crippen LogP contribution in [0.5, 0.6) is 0 Å². The summed E-state index contributed by atoms with van der Waals surface area (Å²) >= 11 is 0. The van der Waals surface area contributed by atoms with Gasteiger partial charge in [-0.15, -0.1) is 0 Å². The summed E-state index contributed by atoms with van der Waals surface area (Å²) in [6.07, 6.45) is 2.40. The van der Waals surface area contributed by atoms with E-state index in [9.17, 15) is 10.1 Å². The first kappa shape index (κ1) is 14.9. The summed E-state index contributed by atoms with van der Waals surface area (Å²) in [6, 6.07) is 6.49. The van der Waals surface area contributed by atoms with Crippen molar-refractivity contribution in [1.29, 1.82) is 0 Å². The molecule has 0 aliphatic rings. The second-order valence-corrected chi connectivity index (χ2v) is 4.93. The van der Waals surface area contributed by atoms with Gasteiger partial charge in [0.1, 0.15) is 11.6 Å². The van der Waals surface area contributed by atoms with Crippen molar-refractivity contribution in [3.05, 3.63) is 57.0 Å². The normalized spacial score (nSPS) is 10.6. The molecule has 6 nitrogen and oxygen atoms in total. The Bertz CT molecular complexity index is 653. The van der Waals surface area contributed by atoms with Gasteiger partial charge in [-0.05, 0) is 18.9 Å². The van der Waals surface area contributed by atoms with E-state index in [1.807, 2.05) is 6.92 Å². The maximum atomic E-state index is 10.7. The third kappa shape index (κ3) is 3.53. The maximum absolute atomic E-state index is 10.7. The monoisotopic (exact) mass is 286 g/mol. The molecule has 2 N–H and O–H groups in total. The van der Waals surface area contributed by atoms with Crippen molar-refractivity contribution < 1.29 is 4.92 Å². The van der Waals surface area contributed by atoms with Gasteiger partial charge in [0.2, 0.25) is 0 Å². The van der Waals surface area contributed by atoms with E-state index >= 15 is 0 Å². The number of nitro groups is 1. The molecule has 2 rings (SSSR count). The highest BCUT2D eigenvalue weighted by molar-refractivity contribution is 5.46. The number of hydrogen-bond acceptors (Lipinski definition) is 5. The molecule has 0 fully saturated rings.